The molecule has 2 heteroatoms. The van der Waals surface area contributed by atoms with Gasteiger partial charge in [0.25, 0.3) is 0 Å². The fraction of sp³-hybridized carbons (Fsp3) is 0.308. The quantitative estimate of drug-likeness (QED) is 0.487. The van der Waals surface area contributed by atoms with E-state index in [4.69, 9.17) is 11.5 Å². The number of benzene rings is 3. The van der Waals surface area contributed by atoms with Gasteiger partial charge >= 0.3 is 0 Å². The summed E-state index contributed by atoms with van der Waals surface area (Å²) in [5, 5.41) is 0. The van der Waals surface area contributed by atoms with Crippen molar-refractivity contribution in [3.63, 3.8) is 0 Å². The lowest BCUT2D eigenvalue weighted by atomic mass is 9.80. The molecule has 3 rings (SSSR count). The Hall–Kier alpha value is -2.74. The number of hydrogen-bond donors (Lipinski definition) is 2. The molecule has 0 atom stereocenters. The topological polar surface area (TPSA) is 52.0 Å². The van der Waals surface area contributed by atoms with Crippen LogP contribution in [0.15, 0.2) is 60.7 Å². The Morgan fingerprint density at radius 1 is 0.500 bits per heavy atom. The van der Waals surface area contributed by atoms with E-state index in [0.29, 0.717) is 0 Å². The van der Waals surface area contributed by atoms with Crippen LogP contribution < -0.4 is 11.5 Å². The lowest BCUT2D eigenvalue weighted by molar-refractivity contribution is 0.592. The third-order valence-corrected chi connectivity index (χ3v) is 5.21. The number of rotatable bonds is 2. The van der Waals surface area contributed by atoms with Crippen molar-refractivity contribution in [2.24, 2.45) is 0 Å². The maximum absolute atomic E-state index is 6.06. The smallest absolute Gasteiger partial charge is 0.0317 e. The van der Waals surface area contributed by atoms with Crippen LogP contribution in [-0.4, -0.2) is 0 Å². The van der Waals surface area contributed by atoms with Crippen molar-refractivity contribution in [1.82, 2.24) is 0 Å². The van der Waals surface area contributed by atoms with E-state index in [2.05, 4.69) is 90.1 Å². The van der Waals surface area contributed by atoms with Gasteiger partial charge in [-0.3, -0.25) is 0 Å². The van der Waals surface area contributed by atoms with Crippen LogP contribution in [-0.2, 0) is 10.8 Å². The SMILES string of the molecule is CC(C)(C)c1cc(N)ccc1-c1ccc(-c2ccc(N)cc2C(C)(C)C)cc1. The van der Waals surface area contributed by atoms with Gasteiger partial charge in [-0.05, 0) is 68.5 Å². The monoisotopic (exact) mass is 372 g/mol. The molecule has 0 saturated carbocycles. The third kappa shape index (κ3) is 4.06. The molecule has 0 radical (unpaired) electrons. The minimum absolute atomic E-state index is 0.0275. The number of hydrogen-bond acceptors (Lipinski definition) is 2. The van der Waals surface area contributed by atoms with E-state index in [1.165, 1.54) is 33.4 Å². The Morgan fingerprint density at radius 3 is 1.11 bits per heavy atom. The zero-order valence-corrected chi connectivity index (χ0v) is 17.9. The van der Waals surface area contributed by atoms with Gasteiger partial charge in [-0.1, -0.05) is 77.9 Å². The molecule has 0 unspecified atom stereocenters. The molecular formula is C26H32N2. The van der Waals surface area contributed by atoms with Gasteiger partial charge in [0.15, 0.2) is 0 Å². The number of nitrogen functional groups attached to an aromatic ring is 2. The molecule has 0 aliphatic heterocycles. The first-order valence-electron chi connectivity index (χ1n) is 9.87. The molecule has 0 bridgehead atoms. The second-order valence-electron chi connectivity index (χ2n) is 9.69. The van der Waals surface area contributed by atoms with Gasteiger partial charge in [0.05, 0.1) is 0 Å². The first kappa shape index (κ1) is 20.0. The highest BCUT2D eigenvalue weighted by molar-refractivity contribution is 5.76. The molecule has 0 saturated heterocycles. The van der Waals surface area contributed by atoms with Gasteiger partial charge in [-0.25, -0.2) is 0 Å². The van der Waals surface area contributed by atoms with Gasteiger partial charge in [0.2, 0.25) is 0 Å². The highest BCUT2D eigenvalue weighted by Crippen LogP contribution is 2.37. The van der Waals surface area contributed by atoms with Crippen LogP contribution in [0.2, 0.25) is 0 Å². The molecule has 28 heavy (non-hydrogen) atoms. The minimum Gasteiger partial charge on any atom is -0.399 e. The van der Waals surface area contributed by atoms with Crippen LogP contribution in [0.1, 0.15) is 52.7 Å². The average molecular weight is 373 g/mol. The summed E-state index contributed by atoms with van der Waals surface area (Å²) < 4.78 is 0. The van der Waals surface area contributed by atoms with Crippen molar-refractivity contribution in [1.29, 1.82) is 0 Å². The molecule has 0 spiro atoms. The second kappa shape index (κ2) is 7.01. The Kier molecular flexibility index (Phi) is 5.01. The normalized spacial score (nSPS) is 12.2. The molecule has 3 aromatic carbocycles. The third-order valence-electron chi connectivity index (χ3n) is 5.21. The van der Waals surface area contributed by atoms with Gasteiger partial charge in [-0.15, -0.1) is 0 Å². The molecule has 0 amide bonds. The first-order valence-corrected chi connectivity index (χ1v) is 9.87. The summed E-state index contributed by atoms with van der Waals surface area (Å²) in [5.41, 5.74) is 21.2. The van der Waals surface area contributed by atoms with E-state index in [0.717, 1.165) is 11.4 Å². The van der Waals surface area contributed by atoms with Crippen molar-refractivity contribution >= 4 is 11.4 Å². The van der Waals surface area contributed by atoms with Crippen molar-refractivity contribution in [2.45, 2.75) is 52.4 Å². The van der Waals surface area contributed by atoms with Gasteiger partial charge in [0, 0.05) is 11.4 Å². The lowest BCUT2D eigenvalue weighted by Crippen LogP contribution is -2.13. The predicted octanol–water partition coefficient (Wildman–Crippen LogP) is 6.78. The van der Waals surface area contributed by atoms with Crippen LogP contribution in [0, 0.1) is 0 Å². The van der Waals surface area contributed by atoms with Crippen LogP contribution in [0.4, 0.5) is 11.4 Å². The standard InChI is InChI=1S/C26H32N2/c1-25(2,3)23-15-19(27)11-13-21(23)17-7-9-18(10-8-17)22-14-12-20(28)16-24(22)26(4,5)6/h7-16H,27-28H2,1-6H3. The molecule has 0 aromatic heterocycles. The maximum atomic E-state index is 6.06. The summed E-state index contributed by atoms with van der Waals surface area (Å²) in [6.45, 7) is 13.4. The molecule has 2 nitrogen and oxygen atoms in total. The van der Waals surface area contributed by atoms with Gasteiger partial charge in [-0.2, -0.15) is 0 Å². The summed E-state index contributed by atoms with van der Waals surface area (Å²) in [4.78, 5) is 0. The zero-order chi connectivity index (χ0) is 20.7. The summed E-state index contributed by atoms with van der Waals surface area (Å²) in [6, 6.07) is 21.3. The van der Waals surface area contributed by atoms with E-state index in [1.807, 2.05) is 12.1 Å². The molecule has 146 valence electrons. The molecule has 0 aliphatic carbocycles. The van der Waals surface area contributed by atoms with E-state index in [1.54, 1.807) is 0 Å². The van der Waals surface area contributed by atoms with Crippen LogP contribution in [0.25, 0.3) is 22.3 Å². The summed E-state index contributed by atoms with van der Waals surface area (Å²) in [5.74, 6) is 0. The van der Waals surface area contributed by atoms with Gasteiger partial charge < -0.3 is 11.5 Å². The Bertz CT molecular complexity index is 902. The molecular weight excluding hydrogens is 340 g/mol. The second-order valence-corrected chi connectivity index (χ2v) is 9.69. The van der Waals surface area contributed by atoms with Crippen LogP contribution in [0.5, 0.6) is 0 Å². The number of anilines is 2. The van der Waals surface area contributed by atoms with E-state index < -0.39 is 0 Å². The van der Waals surface area contributed by atoms with Crippen molar-refractivity contribution in [3.8, 4) is 22.3 Å². The molecule has 0 heterocycles. The number of nitrogens with two attached hydrogens (primary N) is 2. The summed E-state index contributed by atoms with van der Waals surface area (Å²) in [6.07, 6.45) is 0. The fourth-order valence-corrected chi connectivity index (χ4v) is 3.70. The van der Waals surface area contributed by atoms with Crippen molar-refractivity contribution in [3.05, 3.63) is 71.8 Å². The highest BCUT2D eigenvalue weighted by atomic mass is 14.5. The van der Waals surface area contributed by atoms with Crippen molar-refractivity contribution in [2.75, 3.05) is 11.5 Å². The van der Waals surface area contributed by atoms with Crippen molar-refractivity contribution < 1.29 is 0 Å². The first-order chi connectivity index (χ1) is 13.0. The predicted molar refractivity (Wildman–Crippen MR) is 124 cm³/mol. The van der Waals surface area contributed by atoms with E-state index in [9.17, 15) is 0 Å². The maximum Gasteiger partial charge on any atom is 0.0317 e. The largest absolute Gasteiger partial charge is 0.399 e. The summed E-state index contributed by atoms with van der Waals surface area (Å²) >= 11 is 0. The molecule has 0 fully saturated rings. The fourth-order valence-electron chi connectivity index (χ4n) is 3.70. The van der Waals surface area contributed by atoms with Crippen LogP contribution in [0.3, 0.4) is 0 Å². The minimum atomic E-state index is 0.0275. The highest BCUT2D eigenvalue weighted by Gasteiger charge is 2.21. The zero-order valence-electron chi connectivity index (χ0n) is 17.9. The Balaban J connectivity index is 2.08. The average Bonchev–Trinajstić information content (AvgIpc) is 2.60. The van der Waals surface area contributed by atoms with Crippen LogP contribution >= 0.6 is 0 Å². The Labute approximate surface area is 169 Å². The van der Waals surface area contributed by atoms with E-state index in [-0.39, 0.29) is 10.8 Å². The van der Waals surface area contributed by atoms with Gasteiger partial charge in [0.1, 0.15) is 0 Å². The molecule has 4 N–H and O–H groups in total. The molecule has 0 aliphatic rings. The summed E-state index contributed by atoms with van der Waals surface area (Å²) in [7, 11) is 0. The van der Waals surface area contributed by atoms with E-state index >= 15 is 0 Å². The molecule has 3 aromatic rings. The Morgan fingerprint density at radius 2 is 0.821 bits per heavy atom. The lowest BCUT2D eigenvalue weighted by Gasteiger charge is -2.25.